The minimum Gasteiger partial charge on any atom is -0.399 e. The minimum absolute atomic E-state index is 0.290. The van der Waals surface area contributed by atoms with Crippen molar-refractivity contribution in [1.29, 1.82) is 0 Å². The van der Waals surface area contributed by atoms with Crippen molar-refractivity contribution in [1.82, 2.24) is 10.4 Å². The fraction of sp³-hybridized carbons (Fsp3) is 0.222. The molecule has 2 amide bonds. The van der Waals surface area contributed by atoms with E-state index in [9.17, 15) is 9.59 Å². The average molecular weight is 311 g/mol. The number of nitrogens with zero attached hydrogens (tertiary/aromatic N) is 1. The summed E-state index contributed by atoms with van der Waals surface area (Å²) in [7, 11) is 0. The Labute approximate surface area is 136 Å². The van der Waals surface area contributed by atoms with Gasteiger partial charge in [0.05, 0.1) is 5.54 Å². The summed E-state index contributed by atoms with van der Waals surface area (Å²) < 4.78 is 0. The van der Waals surface area contributed by atoms with E-state index in [0.717, 1.165) is 0 Å². The van der Waals surface area contributed by atoms with Gasteiger partial charge < -0.3 is 5.73 Å². The van der Waals surface area contributed by atoms with Gasteiger partial charge in [-0.25, -0.2) is 5.01 Å². The van der Waals surface area contributed by atoms with Gasteiger partial charge in [-0.3, -0.25) is 15.0 Å². The van der Waals surface area contributed by atoms with Crippen LogP contribution in [-0.2, 0) is 0 Å². The summed E-state index contributed by atoms with van der Waals surface area (Å²) in [6.45, 7) is 5.56. The van der Waals surface area contributed by atoms with Gasteiger partial charge in [0, 0.05) is 16.8 Å². The highest BCUT2D eigenvalue weighted by atomic mass is 16.2. The summed E-state index contributed by atoms with van der Waals surface area (Å²) >= 11 is 0. The molecule has 5 heteroatoms. The van der Waals surface area contributed by atoms with Crippen LogP contribution >= 0.6 is 0 Å². The van der Waals surface area contributed by atoms with Crippen molar-refractivity contribution in [2.45, 2.75) is 26.3 Å². The SMILES string of the molecule is CC(C)(C)N(NC(=O)c1ccccc1)C(=O)c1ccc(N)cc1. The fourth-order valence-corrected chi connectivity index (χ4v) is 2.03. The summed E-state index contributed by atoms with van der Waals surface area (Å²) in [5.74, 6) is -0.619. The first kappa shape index (κ1) is 16.5. The Kier molecular flexibility index (Phi) is 4.69. The van der Waals surface area contributed by atoms with Crippen LogP contribution < -0.4 is 11.2 Å². The summed E-state index contributed by atoms with van der Waals surface area (Å²) in [4.78, 5) is 25.1. The molecule has 0 heterocycles. The number of hydrogen-bond acceptors (Lipinski definition) is 3. The molecular weight excluding hydrogens is 290 g/mol. The Morgan fingerprint density at radius 2 is 1.48 bits per heavy atom. The van der Waals surface area contributed by atoms with E-state index in [1.165, 1.54) is 5.01 Å². The molecule has 0 spiro atoms. The lowest BCUT2D eigenvalue weighted by Crippen LogP contribution is -2.55. The summed E-state index contributed by atoms with van der Waals surface area (Å²) in [6.07, 6.45) is 0. The van der Waals surface area contributed by atoms with E-state index in [1.54, 1.807) is 48.5 Å². The number of nitrogens with one attached hydrogen (secondary N) is 1. The molecule has 5 nitrogen and oxygen atoms in total. The van der Waals surface area contributed by atoms with E-state index in [4.69, 9.17) is 5.73 Å². The predicted molar refractivity (Wildman–Crippen MR) is 90.7 cm³/mol. The number of rotatable bonds is 2. The van der Waals surface area contributed by atoms with Crippen LogP contribution in [0.2, 0.25) is 0 Å². The zero-order valence-electron chi connectivity index (χ0n) is 13.5. The lowest BCUT2D eigenvalue weighted by atomic mass is 10.1. The van der Waals surface area contributed by atoms with Crippen LogP contribution in [-0.4, -0.2) is 22.4 Å². The molecule has 0 aliphatic carbocycles. The molecule has 0 atom stereocenters. The number of hydrazine groups is 1. The van der Waals surface area contributed by atoms with Crippen LogP contribution in [0.5, 0.6) is 0 Å². The van der Waals surface area contributed by atoms with Crippen molar-refractivity contribution < 1.29 is 9.59 Å². The number of carbonyl (C=O) groups excluding carboxylic acids is 2. The summed E-state index contributed by atoms with van der Waals surface area (Å²) in [6, 6.07) is 15.4. The molecular formula is C18H21N3O2. The molecule has 2 aromatic carbocycles. The zero-order valence-corrected chi connectivity index (χ0v) is 13.5. The summed E-state index contributed by atoms with van der Waals surface area (Å²) in [5, 5.41) is 1.34. The lowest BCUT2D eigenvalue weighted by molar-refractivity contribution is 0.0358. The average Bonchev–Trinajstić information content (AvgIpc) is 2.52. The molecule has 0 aromatic heterocycles. The van der Waals surface area contributed by atoms with Gasteiger partial charge in [0.2, 0.25) is 0 Å². The molecule has 120 valence electrons. The first-order valence-corrected chi connectivity index (χ1v) is 7.35. The predicted octanol–water partition coefficient (Wildman–Crippen LogP) is 2.85. The highest BCUT2D eigenvalue weighted by Crippen LogP contribution is 2.16. The van der Waals surface area contributed by atoms with Gasteiger partial charge in [-0.05, 0) is 57.2 Å². The lowest BCUT2D eigenvalue weighted by Gasteiger charge is -2.35. The van der Waals surface area contributed by atoms with E-state index in [2.05, 4.69) is 5.43 Å². The van der Waals surface area contributed by atoms with Crippen LogP contribution in [0.25, 0.3) is 0 Å². The normalized spacial score (nSPS) is 10.9. The van der Waals surface area contributed by atoms with E-state index in [-0.39, 0.29) is 11.8 Å². The third kappa shape index (κ3) is 4.10. The van der Waals surface area contributed by atoms with Crippen molar-refractivity contribution in [3.63, 3.8) is 0 Å². The van der Waals surface area contributed by atoms with Crippen LogP contribution in [0.4, 0.5) is 5.69 Å². The van der Waals surface area contributed by atoms with Crippen LogP contribution in [0.1, 0.15) is 41.5 Å². The Balaban J connectivity index is 2.26. The molecule has 0 bridgehead atoms. The van der Waals surface area contributed by atoms with E-state index in [1.807, 2.05) is 26.8 Å². The van der Waals surface area contributed by atoms with Gasteiger partial charge in [0.15, 0.2) is 0 Å². The van der Waals surface area contributed by atoms with Gasteiger partial charge in [-0.1, -0.05) is 18.2 Å². The van der Waals surface area contributed by atoms with E-state index < -0.39 is 5.54 Å². The van der Waals surface area contributed by atoms with Crippen molar-refractivity contribution in [2.75, 3.05) is 5.73 Å². The number of carbonyl (C=O) groups is 2. The number of nitrogen functional groups attached to an aromatic ring is 1. The third-order valence-electron chi connectivity index (χ3n) is 3.28. The van der Waals surface area contributed by atoms with Crippen molar-refractivity contribution >= 4 is 17.5 Å². The smallest absolute Gasteiger partial charge is 0.272 e. The Bertz CT molecular complexity index is 688. The second-order valence-corrected chi connectivity index (χ2v) is 6.24. The maximum atomic E-state index is 12.7. The second-order valence-electron chi connectivity index (χ2n) is 6.24. The fourth-order valence-electron chi connectivity index (χ4n) is 2.03. The molecule has 0 saturated carbocycles. The molecule has 3 N–H and O–H groups in total. The Hall–Kier alpha value is -2.82. The first-order chi connectivity index (χ1) is 10.8. The molecule has 0 fully saturated rings. The summed E-state index contributed by atoms with van der Waals surface area (Å²) in [5.41, 5.74) is 9.30. The topological polar surface area (TPSA) is 75.4 Å². The van der Waals surface area contributed by atoms with Gasteiger partial charge in [0.1, 0.15) is 0 Å². The van der Waals surface area contributed by atoms with Gasteiger partial charge in [0.25, 0.3) is 11.8 Å². The molecule has 2 rings (SSSR count). The molecule has 2 aromatic rings. The number of anilines is 1. The molecule has 0 radical (unpaired) electrons. The number of benzene rings is 2. The van der Waals surface area contributed by atoms with Crippen LogP contribution in [0, 0.1) is 0 Å². The Morgan fingerprint density at radius 1 is 0.913 bits per heavy atom. The molecule has 0 aliphatic heterocycles. The van der Waals surface area contributed by atoms with Crippen molar-refractivity contribution in [2.24, 2.45) is 0 Å². The van der Waals surface area contributed by atoms with E-state index >= 15 is 0 Å². The highest BCUT2D eigenvalue weighted by molar-refractivity contribution is 5.99. The maximum Gasteiger partial charge on any atom is 0.272 e. The largest absolute Gasteiger partial charge is 0.399 e. The molecule has 0 unspecified atom stereocenters. The molecule has 0 saturated heterocycles. The van der Waals surface area contributed by atoms with Crippen molar-refractivity contribution in [3.8, 4) is 0 Å². The zero-order chi connectivity index (χ0) is 17.0. The highest BCUT2D eigenvalue weighted by Gasteiger charge is 2.29. The number of nitrogens with two attached hydrogens (primary N) is 1. The standard InChI is InChI=1S/C18H21N3O2/c1-18(2,3)21(17(23)14-9-11-15(19)12-10-14)20-16(22)13-7-5-4-6-8-13/h4-12H,19H2,1-3H3,(H,20,22). The number of amides is 2. The third-order valence-corrected chi connectivity index (χ3v) is 3.28. The van der Waals surface area contributed by atoms with Gasteiger partial charge >= 0.3 is 0 Å². The molecule has 23 heavy (non-hydrogen) atoms. The van der Waals surface area contributed by atoms with E-state index in [0.29, 0.717) is 16.8 Å². The quantitative estimate of drug-likeness (QED) is 0.661. The van der Waals surface area contributed by atoms with Gasteiger partial charge in [-0.2, -0.15) is 0 Å². The second kappa shape index (κ2) is 6.52. The monoisotopic (exact) mass is 311 g/mol. The number of hydrogen-bond donors (Lipinski definition) is 2. The molecule has 0 aliphatic rings. The minimum atomic E-state index is -0.580. The van der Waals surface area contributed by atoms with Crippen molar-refractivity contribution in [3.05, 3.63) is 65.7 Å². The maximum absolute atomic E-state index is 12.7. The van der Waals surface area contributed by atoms with Crippen LogP contribution in [0.3, 0.4) is 0 Å². The first-order valence-electron chi connectivity index (χ1n) is 7.35. The van der Waals surface area contributed by atoms with Gasteiger partial charge in [-0.15, -0.1) is 0 Å². The Morgan fingerprint density at radius 3 is 2.00 bits per heavy atom. The van der Waals surface area contributed by atoms with Crippen LogP contribution in [0.15, 0.2) is 54.6 Å².